The molecule has 1 atom stereocenters. The van der Waals surface area contributed by atoms with Gasteiger partial charge in [-0.3, -0.25) is 9.36 Å². The van der Waals surface area contributed by atoms with Gasteiger partial charge in [0, 0.05) is 10.4 Å². The van der Waals surface area contributed by atoms with Crippen molar-refractivity contribution in [2.24, 2.45) is 0 Å². The van der Waals surface area contributed by atoms with E-state index in [9.17, 15) is 9.90 Å². The average molecular weight is 461 g/mol. The number of ether oxygens (including phenoxy) is 1. The van der Waals surface area contributed by atoms with Crippen molar-refractivity contribution < 1.29 is 9.84 Å². The summed E-state index contributed by atoms with van der Waals surface area (Å²) in [6.07, 6.45) is 0.510. The fraction of sp³-hybridized carbons (Fsp3) is 0.182. The van der Waals surface area contributed by atoms with Crippen LogP contribution in [0.15, 0.2) is 59.7 Å². The summed E-state index contributed by atoms with van der Waals surface area (Å²) in [4.78, 5) is 19.3. The van der Waals surface area contributed by atoms with Crippen LogP contribution in [0.4, 0.5) is 0 Å². The maximum absolute atomic E-state index is 13.2. The van der Waals surface area contributed by atoms with Crippen molar-refractivity contribution in [1.82, 2.24) is 9.55 Å². The summed E-state index contributed by atoms with van der Waals surface area (Å²) in [7, 11) is 0. The molecule has 4 aromatic rings. The van der Waals surface area contributed by atoms with Crippen LogP contribution in [0.3, 0.4) is 0 Å². The Labute approximate surface area is 187 Å². The first-order valence-electron chi connectivity index (χ1n) is 9.24. The second kappa shape index (κ2) is 8.78. The molecule has 0 aliphatic carbocycles. The summed E-state index contributed by atoms with van der Waals surface area (Å²) < 4.78 is 6.98. The number of hydrogen-bond acceptors (Lipinski definition) is 5. The number of hydrogen-bond donors (Lipinski definition) is 1. The van der Waals surface area contributed by atoms with E-state index in [1.54, 1.807) is 18.2 Å². The average Bonchev–Trinajstić information content (AvgIpc) is 3.07. The Hall–Kier alpha value is -2.38. The number of aromatic nitrogens is 2. The van der Waals surface area contributed by atoms with Crippen LogP contribution in [-0.2, 0) is 6.54 Å². The maximum atomic E-state index is 13.2. The topological polar surface area (TPSA) is 64.3 Å². The van der Waals surface area contributed by atoms with E-state index in [0.717, 1.165) is 16.0 Å². The number of benzene rings is 2. The Kier molecular flexibility index (Phi) is 6.11. The first-order chi connectivity index (χ1) is 14.5. The second-order valence-corrected chi connectivity index (χ2v) is 8.81. The lowest BCUT2D eigenvalue weighted by atomic mass is 10.0. The Morgan fingerprint density at radius 1 is 1.13 bits per heavy atom. The lowest BCUT2D eigenvalue weighted by Gasteiger charge is -2.15. The molecule has 0 saturated heterocycles. The molecule has 0 amide bonds. The summed E-state index contributed by atoms with van der Waals surface area (Å²) in [5.74, 6) is 0.306. The number of aliphatic hydroxyl groups excluding tert-OH is 1. The summed E-state index contributed by atoms with van der Waals surface area (Å²) in [6, 6.07) is 14.8. The van der Waals surface area contributed by atoms with E-state index in [1.165, 1.54) is 22.2 Å². The monoisotopic (exact) mass is 460 g/mol. The van der Waals surface area contributed by atoms with Crippen molar-refractivity contribution in [3.05, 3.63) is 80.1 Å². The zero-order valence-corrected chi connectivity index (χ0v) is 18.3. The molecule has 154 valence electrons. The third kappa shape index (κ3) is 4.09. The normalized spacial score (nSPS) is 12.3. The van der Waals surface area contributed by atoms with Gasteiger partial charge in [0.1, 0.15) is 17.5 Å². The molecule has 0 saturated carbocycles. The highest BCUT2D eigenvalue weighted by atomic mass is 35.5. The number of para-hydroxylation sites is 1. The number of fused-ring (bicyclic) bond motifs is 1. The second-order valence-electron chi connectivity index (χ2n) is 6.80. The van der Waals surface area contributed by atoms with E-state index in [-0.39, 0.29) is 18.7 Å². The highest BCUT2D eigenvalue weighted by molar-refractivity contribution is 7.19. The number of rotatable bonds is 6. The largest absolute Gasteiger partial charge is 0.488 e. The molecule has 2 aromatic carbocycles. The Bertz CT molecular complexity index is 1230. The van der Waals surface area contributed by atoms with Crippen LogP contribution < -0.4 is 10.3 Å². The van der Waals surface area contributed by atoms with Gasteiger partial charge < -0.3 is 9.84 Å². The molecule has 30 heavy (non-hydrogen) atoms. The first-order valence-corrected chi connectivity index (χ1v) is 10.8. The van der Waals surface area contributed by atoms with Gasteiger partial charge in [-0.2, -0.15) is 0 Å². The van der Waals surface area contributed by atoms with Crippen LogP contribution in [0, 0.1) is 6.92 Å². The van der Waals surface area contributed by atoms with Crippen LogP contribution >= 0.6 is 34.5 Å². The van der Waals surface area contributed by atoms with E-state index >= 15 is 0 Å². The third-order valence-electron chi connectivity index (χ3n) is 4.66. The molecule has 0 bridgehead atoms. The van der Waals surface area contributed by atoms with Gasteiger partial charge in [0.15, 0.2) is 5.75 Å². The van der Waals surface area contributed by atoms with E-state index in [2.05, 4.69) is 4.98 Å². The van der Waals surface area contributed by atoms with Gasteiger partial charge >= 0.3 is 0 Å². The summed E-state index contributed by atoms with van der Waals surface area (Å²) in [5.41, 5.74) is 1.66. The van der Waals surface area contributed by atoms with Gasteiger partial charge in [-0.1, -0.05) is 59.6 Å². The Balaban J connectivity index is 1.61. The van der Waals surface area contributed by atoms with Gasteiger partial charge in [-0.05, 0) is 24.6 Å². The Morgan fingerprint density at radius 2 is 1.83 bits per heavy atom. The smallest absolute Gasteiger partial charge is 0.262 e. The fourth-order valence-electron chi connectivity index (χ4n) is 3.30. The molecule has 0 unspecified atom stereocenters. The van der Waals surface area contributed by atoms with Crippen LogP contribution in [0.5, 0.6) is 5.75 Å². The molecule has 8 heteroatoms. The molecular formula is C22H18Cl2N2O3S. The number of aliphatic hydroxyl groups is 1. The lowest BCUT2D eigenvalue weighted by Crippen LogP contribution is -2.30. The third-order valence-corrected chi connectivity index (χ3v) is 6.27. The highest BCUT2D eigenvalue weighted by Crippen LogP contribution is 2.35. The van der Waals surface area contributed by atoms with Crippen molar-refractivity contribution in [2.45, 2.75) is 19.6 Å². The van der Waals surface area contributed by atoms with Crippen LogP contribution in [0.25, 0.3) is 21.3 Å². The molecule has 1 N–H and O–H groups in total. The van der Waals surface area contributed by atoms with Crippen molar-refractivity contribution in [3.8, 4) is 16.9 Å². The molecule has 0 fully saturated rings. The minimum atomic E-state index is -0.950. The number of thiophene rings is 1. The molecule has 0 aliphatic rings. The van der Waals surface area contributed by atoms with Crippen molar-refractivity contribution in [2.75, 3.05) is 6.61 Å². The zero-order valence-electron chi connectivity index (χ0n) is 16.0. The van der Waals surface area contributed by atoms with Gasteiger partial charge in [0.05, 0.1) is 28.3 Å². The molecule has 0 spiro atoms. The molecule has 2 heterocycles. The van der Waals surface area contributed by atoms with Gasteiger partial charge in [0.2, 0.25) is 0 Å². The SMILES string of the molecule is Cc1sc2ncn(C[C@H](O)COc3c(Cl)cccc3Cl)c(=O)c2c1-c1ccccc1. The van der Waals surface area contributed by atoms with Crippen LogP contribution in [-0.4, -0.2) is 27.4 Å². The standard InChI is InChI=1S/C22H18Cl2N2O3S/c1-13-18(14-6-3-2-4-7-14)19-21(30-13)25-12-26(22(19)28)10-15(27)11-29-20-16(23)8-5-9-17(20)24/h2-9,12,15,27H,10-11H2,1H3/t15-/m0/s1. The predicted octanol–water partition coefficient (Wildman–Crippen LogP) is 5.18. The number of aryl methyl sites for hydroxylation is 1. The molecule has 5 nitrogen and oxygen atoms in total. The molecule has 0 radical (unpaired) electrons. The molecule has 2 aromatic heterocycles. The summed E-state index contributed by atoms with van der Waals surface area (Å²) in [5, 5.41) is 11.7. The zero-order chi connectivity index (χ0) is 21.3. The maximum Gasteiger partial charge on any atom is 0.262 e. The van der Waals surface area contributed by atoms with Gasteiger partial charge in [-0.25, -0.2) is 4.98 Å². The van der Waals surface area contributed by atoms with E-state index in [1.807, 2.05) is 37.3 Å². The number of halogens is 2. The fourth-order valence-corrected chi connectivity index (χ4v) is 4.81. The van der Waals surface area contributed by atoms with Crippen molar-refractivity contribution in [1.29, 1.82) is 0 Å². The van der Waals surface area contributed by atoms with Crippen LogP contribution in [0.1, 0.15) is 4.88 Å². The molecule has 0 aliphatic heterocycles. The van der Waals surface area contributed by atoms with Gasteiger partial charge in [-0.15, -0.1) is 11.3 Å². The summed E-state index contributed by atoms with van der Waals surface area (Å²) in [6.45, 7) is 1.95. The van der Waals surface area contributed by atoms with Crippen molar-refractivity contribution >= 4 is 44.8 Å². The Morgan fingerprint density at radius 3 is 2.53 bits per heavy atom. The van der Waals surface area contributed by atoms with E-state index in [0.29, 0.717) is 26.0 Å². The number of nitrogens with zero attached hydrogens (tertiary/aromatic N) is 2. The van der Waals surface area contributed by atoms with Crippen molar-refractivity contribution in [3.63, 3.8) is 0 Å². The molecule has 4 rings (SSSR count). The minimum Gasteiger partial charge on any atom is -0.488 e. The first kappa shape index (κ1) is 20.9. The minimum absolute atomic E-state index is 0.0347. The van der Waals surface area contributed by atoms with E-state index in [4.69, 9.17) is 27.9 Å². The van der Waals surface area contributed by atoms with Gasteiger partial charge in [0.25, 0.3) is 5.56 Å². The lowest BCUT2D eigenvalue weighted by molar-refractivity contribution is 0.0916. The summed E-state index contributed by atoms with van der Waals surface area (Å²) >= 11 is 13.7. The van der Waals surface area contributed by atoms with E-state index < -0.39 is 6.10 Å². The highest BCUT2D eigenvalue weighted by Gasteiger charge is 2.18. The molecular weight excluding hydrogens is 443 g/mol. The predicted molar refractivity (Wildman–Crippen MR) is 122 cm³/mol. The van der Waals surface area contributed by atoms with Crippen LogP contribution in [0.2, 0.25) is 10.0 Å². The quantitative estimate of drug-likeness (QED) is 0.430.